The number of benzene rings is 2. The molecule has 3 amide bonds. The lowest BCUT2D eigenvalue weighted by Gasteiger charge is -2.25. The van der Waals surface area contributed by atoms with Crippen molar-refractivity contribution in [2.75, 3.05) is 24.3 Å². The number of rotatable bonds is 4. The van der Waals surface area contributed by atoms with E-state index >= 15 is 0 Å². The van der Waals surface area contributed by atoms with Crippen molar-refractivity contribution >= 4 is 23.3 Å². The molecule has 0 aromatic heterocycles. The third-order valence-electron chi connectivity index (χ3n) is 4.89. The average Bonchev–Trinajstić information content (AvgIpc) is 3.15. The summed E-state index contributed by atoms with van der Waals surface area (Å²) in [4.78, 5) is 27.1. The summed E-state index contributed by atoms with van der Waals surface area (Å²) in [6.07, 6.45) is 1.47. The molecule has 2 aromatic carbocycles. The first-order valence-corrected chi connectivity index (χ1v) is 9.08. The fourth-order valence-corrected chi connectivity index (χ4v) is 3.37. The molecule has 27 heavy (non-hydrogen) atoms. The van der Waals surface area contributed by atoms with Crippen LogP contribution < -0.4 is 15.4 Å². The van der Waals surface area contributed by atoms with E-state index in [2.05, 4.69) is 10.6 Å². The van der Waals surface area contributed by atoms with Crippen molar-refractivity contribution in [1.82, 2.24) is 4.90 Å². The molecule has 1 atom stereocenters. The second kappa shape index (κ2) is 8.12. The molecule has 6 nitrogen and oxygen atoms in total. The number of para-hydroxylation sites is 1. The summed E-state index contributed by atoms with van der Waals surface area (Å²) in [6, 6.07) is 12.3. The summed E-state index contributed by atoms with van der Waals surface area (Å²) < 4.78 is 5.12. The highest BCUT2D eigenvalue weighted by molar-refractivity contribution is 6.00. The number of aryl methyl sites for hydroxylation is 2. The van der Waals surface area contributed by atoms with E-state index in [9.17, 15) is 9.59 Å². The van der Waals surface area contributed by atoms with Gasteiger partial charge in [0.05, 0.1) is 7.11 Å². The first-order chi connectivity index (χ1) is 13.0. The van der Waals surface area contributed by atoms with Gasteiger partial charge in [-0.2, -0.15) is 0 Å². The average molecular weight is 367 g/mol. The lowest BCUT2D eigenvalue weighted by Crippen LogP contribution is -2.45. The molecule has 1 heterocycles. The fraction of sp³-hybridized carbons (Fsp3) is 0.333. The lowest BCUT2D eigenvalue weighted by atomic mass is 10.1. The summed E-state index contributed by atoms with van der Waals surface area (Å²) in [5.41, 5.74) is 3.51. The summed E-state index contributed by atoms with van der Waals surface area (Å²) in [5, 5.41) is 5.87. The monoisotopic (exact) mass is 367 g/mol. The van der Waals surface area contributed by atoms with Gasteiger partial charge >= 0.3 is 6.03 Å². The Balaban J connectivity index is 1.68. The van der Waals surface area contributed by atoms with Crippen molar-refractivity contribution in [3.63, 3.8) is 0 Å². The number of nitrogens with one attached hydrogen (secondary N) is 2. The molecule has 2 aromatic rings. The van der Waals surface area contributed by atoms with Crippen LogP contribution in [0, 0.1) is 13.8 Å². The molecule has 0 saturated carbocycles. The van der Waals surface area contributed by atoms with Gasteiger partial charge in [-0.3, -0.25) is 4.79 Å². The number of carbonyl (C=O) groups excluding carboxylic acids is 2. The number of amides is 3. The molecular formula is C21H25N3O3. The van der Waals surface area contributed by atoms with Crippen molar-refractivity contribution in [2.24, 2.45) is 0 Å². The minimum atomic E-state index is -0.470. The first-order valence-electron chi connectivity index (χ1n) is 9.08. The van der Waals surface area contributed by atoms with E-state index in [4.69, 9.17) is 4.74 Å². The largest absolute Gasteiger partial charge is 0.497 e. The van der Waals surface area contributed by atoms with Crippen LogP contribution in [0.4, 0.5) is 16.2 Å². The second-order valence-electron chi connectivity index (χ2n) is 6.77. The van der Waals surface area contributed by atoms with Crippen molar-refractivity contribution < 1.29 is 14.3 Å². The predicted octanol–water partition coefficient (Wildman–Crippen LogP) is 3.95. The zero-order valence-corrected chi connectivity index (χ0v) is 15.9. The summed E-state index contributed by atoms with van der Waals surface area (Å²) in [6.45, 7) is 4.49. The van der Waals surface area contributed by atoms with Gasteiger partial charge in [0.1, 0.15) is 11.8 Å². The van der Waals surface area contributed by atoms with Crippen LogP contribution in [0.1, 0.15) is 24.0 Å². The fourth-order valence-electron chi connectivity index (χ4n) is 3.37. The normalized spacial score (nSPS) is 16.1. The summed E-state index contributed by atoms with van der Waals surface area (Å²) >= 11 is 0. The van der Waals surface area contributed by atoms with Crippen molar-refractivity contribution in [1.29, 1.82) is 0 Å². The Kier molecular flexibility index (Phi) is 5.64. The van der Waals surface area contributed by atoms with Gasteiger partial charge in [0.15, 0.2) is 0 Å². The van der Waals surface area contributed by atoms with E-state index in [1.165, 1.54) is 0 Å². The Morgan fingerprint density at radius 3 is 2.33 bits per heavy atom. The van der Waals surface area contributed by atoms with E-state index < -0.39 is 6.04 Å². The Hall–Kier alpha value is -3.02. The molecule has 0 radical (unpaired) electrons. The molecular weight excluding hydrogens is 342 g/mol. The van der Waals surface area contributed by atoms with Crippen LogP contribution >= 0.6 is 0 Å². The molecule has 0 spiro atoms. The Morgan fingerprint density at radius 2 is 1.70 bits per heavy atom. The lowest BCUT2D eigenvalue weighted by molar-refractivity contribution is -0.119. The standard InChI is InChI=1S/C21H25N3O3/c1-14-6-4-7-15(2)19(14)23-20(25)18-8-5-13-24(18)21(26)22-16-9-11-17(27-3)12-10-16/h4,6-7,9-12,18H,5,8,13H2,1-3H3,(H,22,26)(H,23,25). The van der Waals surface area contributed by atoms with Crippen molar-refractivity contribution in [3.05, 3.63) is 53.6 Å². The number of methoxy groups -OCH3 is 1. The minimum absolute atomic E-state index is 0.144. The zero-order valence-electron chi connectivity index (χ0n) is 15.9. The maximum atomic E-state index is 12.8. The molecule has 3 rings (SSSR count). The topological polar surface area (TPSA) is 70.7 Å². The Morgan fingerprint density at radius 1 is 1.04 bits per heavy atom. The highest BCUT2D eigenvalue weighted by Gasteiger charge is 2.34. The van der Waals surface area contributed by atoms with Crippen LogP contribution in [0.25, 0.3) is 0 Å². The SMILES string of the molecule is COc1ccc(NC(=O)N2CCCC2C(=O)Nc2c(C)cccc2C)cc1. The number of ether oxygens (including phenoxy) is 1. The van der Waals surface area contributed by atoms with E-state index in [0.29, 0.717) is 18.7 Å². The summed E-state index contributed by atoms with van der Waals surface area (Å²) in [7, 11) is 1.59. The number of hydrogen-bond acceptors (Lipinski definition) is 3. The molecule has 142 valence electrons. The Labute approximate surface area is 159 Å². The van der Waals surface area contributed by atoms with Crippen LogP contribution in [0.5, 0.6) is 5.75 Å². The van der Waals surface area contributed by atoms with E-state index in [-0.39, 0.29) is 11.9 Å². The molecule has 2 N–H and O–H groups in total. The number of likely N-dealkylation sites (tertiary alicyclic amines) is 1. The third-order valence-corrected chi connectivity index (χ3v) is 4.89. The number of urea groups is 1. The number of anilines is 2. The highest BCUT2D eigenvalue weighted by atomic mass is 16.5. The maximum Gasteiger partial charge on any atom is 0.322 e. The van der Waals surface area contributed by atoms with Crippen LogP contribution in [-0.4, -0.2) is 36.5 Å². The number of hydrogen-bond donors (Lipinski definition) is 2. The molecule has 6 heteroatoms. The maximum absolute atomic E-state index is 12.8. The van der Waals surface area contributed by atoms with Crippen LogP contribution in [0.15, 0.2) is 42.5 Å². The smallest absolute Gasteiger partial charge is 0.322 e. The molecule has 1 unspecified atom stereocenters. The predicted molar refractivity (Wildman–Crippen MR) is 106 cm³/mol. The molecule has 0 aliphatic carbocycles. The van der Waals surface area contributed by atoms with E-state index in [1.807, 2.05) is 32.0 Å². The number of carbonyl (C=O) groups is 2. The minimum Gasteiger partial charge on any atom is -0.497 e. The van der Waals surface area contributed by atoms with Gasteiger partial charge in [-0.15, -0.1) is 0 Å². The van der Waals surface area contributed by atoms with E-state index in [0.717, 1.165) is 29.0 Å². The van der Waals surface area contributed by atoms with Crippen LogP contribution in [0.3, 0.4) is 0 Å². The number of nitrogens with zero attached hydrogens (tertiary/aromatic N) is 1. The highest BCUT2D eigenvalue weighted by Crippen LogP contribution is 2.24. The van der Waals surface area contributed by atoms with Crippen LogP contribution in [0.2, 0.25) is 0 Å². The van der Waals surface area contributed by atoms with Gasteiger partial charge in [-0.05, 0) is 62.1 Å². The van der Waals surface area contributed by atoms with Crippen molar-refractivity contribution in [3.8, 4) is 5.75 Å². The quantitative estimate of drug-likeness (QED) is 0.860. The van der Waals surface area contributed by atoms with Gasteiger partial charge in [-0.25, -0.2) is 4.79 Å². The molecule has 1 saturated heterocycles. The van der Waals surface area contributed by atoms with Gasteiger partial charge in [0.25, 0.3) is 0 Å². The van der Waals surface area contributed by atoms with Gasteiger partial charge in [0, 0.05) is 17.9 Å². The second-order valence-corrected chi connectivity index (χ2v) is 6.77. The zero-order chi connectivity index (χ0) is 19.4. The van der Waals surface area contributed by atoms with Gasteiger partial charge in [0.2, 0.25) is 5.91 Å². The molecule has 1 aliphatic heterocycles. The molecule has 1 fully saturated rings. The first kappa shape index (κ1) is 18.8. The third kappa shape index (κ3) is 4.22. The van der Waals surface area contributed by atoms with Crippen molar-refractivity contribution in [2.45, 2.75) is 32.7 Å². The van der Waals surface area contributed by atoms with Gasteiger partial charge < -0.3 is 20.3 Å². The summed E-state index contributed by atoms with van der Waals surface area (Å²) in [5.74, 6) is 0.579. The van der Waals surface area contributed by atoms with Crippen LogP contribution in [-0.2, 0) is 4.79 Å². The van der Waals surface area contributed by atoms with E-state index in [1.54, 1.807) is 36.3 Å². The molecule has 0 bridgehead atoms. The molecule has 1 aliphatic rings. The van der Waals surface area contributed by atoms with Gasteiger partial charge in [-0.1, -0.05) is 18.2 Å². The Bertz CT molecular complexity index is 813.